The van der Waals surface area contributed by atoms with Gasteiger partial charge in [-0.25, -0.2) is 4.39 Å². The maximum atomic E-state index is 13.0. The molecule has 0 radical (unpaired) electrons. The van der Waals surface area contributed by atoms with Gasteiger partial charge in [0.05, 0.1) is 4.90 Å². The van der Waals surface area contributed by atoms with Crippen LogP contribution in [0.3, 0.4) is 0 Å². The molecule has 11 heteroatoms. The fourth-order valence-corrected chi connectivity index (χ4v) is 5.17. The van der Waals surface area contributed by atoms with Gasteiger partial charge in [0.1, 0.15) is 11.1 Å². The highest BCUT2D eigenvalue weighted by atomic mass is 35.5. The van der Waals surface area contributed by atoms with E-state index in [0.29, 0.717) is 10.7 Å². The van der Waals surface area contributed by atoms with E-state index in [-0.39, 0.29) is 23.0 Å². The zero-order chi connectivity index (χ0) is 22.6. The lowest BCUT2D eigenvalue weighted by atomic mass is 10.2. The average Bonchev–Trinajstić information content (AvgIpc) is 2.98. The second-order valence-electron chi connectivity index (χ2n) is 6.41. The van der Waals surface area contributed by atoms with Crippen molar-refractivity contribution in [3.8, 4) is 0 Å². The van der Waals surface area contributed by atoms with Crippen molar-refractivity contribution >= 4 is 56.1 Å². The van der Waals surface area contributed by atoms with Crippen LogP contribution in [-0.2, 0) is 19.6 Å². The van der Waals surface area contributed by atoms with E-state index >= 15 is 0 Å². The number of hydrogen-bond acceptors (Lipinski definition) is 5. The molecule has 1 atom stereocenters. The Morgan fingerprint density at radius 3 is 2.48 bits per heavy atom. The number of sulfonamides is 1. The Morgan fingerprint density at radius 1 is 1.23 bits per heavy atom. The van der Waals surface area contributed by atoms with Crippen molar-refractivity contribution in [2.75, 3.05) is 11.9 Å². The molecule has 0 aliphatic carbocycles. The monoisotopic (exact) mass is 481 g/mol. The number of anilines is 1. The van der Waals surface area contributed by atoms with Gasteiger partial charge in [-0.05, 0) is 48.5 Å². The largest absolute Gasteiger partial charge is 0.326 e. The fraction of sp³-hybridized carbons (Fsp3) is 0.150. The summed E-state index contributed by atoms with van der Waals surface area (Å²) in [6, 6.07) is 10.7. The summed E-state index contributed by atoms with van der Waals surface area (Å²) in [6.07, 6.45) is 1.22. The maximum Gasteiger partial charge on any atom is 0.284 e. The van der Waals surface area contributed by atoms with Gasteiger partial charge in [-0.3, -0.25) is 14.5 Å². The van der Waals surface area contributed by atoms with E-state index in [1.807, 2.05) is 0 Å². The maximum absolute atomic E-state index is 13.0. The Hall–Kier alpha value is -2.69. The summed E-state index contributed by atoms with van der Waals surface area (Å²) in [5, 5.41) is 2.05. The van der Waals surface area contributed by atoms with Gasteiger partial charge in [-0.2, -0.15) is 8.42 Å². The molecule has 0 saturated carbocycles. The number of halogens is 2. The van der Waals surface area contributed by atoms with Crippen LogP contribution in [0.25, 0.3) is 0 Å². The van der Waals surface area contributed by atoms with Crippen molar-refractivity contribution in [2.45, 2.75) is 16.6 Å². The Bertz CT molecular complexity index is 1140. The minimum Gasteiger partial charge on any atom is -0.326 e. The number of thioether (sulfide) groups is 1. The number of benzene rings is 2. The van der Waals surface area contributed by atoms with Crippen molar-refractivity contribution in [1.82, 2.24) is 4.90 Å². The van der Waals surface area contributed by atoms with E-state index in [2.05, 4.69) is 16.3 Å². The molecule has 2 amide bonds. The molecule has 2 aromatic rings. The first-order chi connectivity index (χ1) is 14.7. The lowest BCUT2D eigenvalue weighted by Crippen LogP contribution is -2.33. The van der Waals surface area contributed by atoms with Crippen LogP contribution in [0.4, 0.5) is 10.1 Å². The minimum atomic E-state index is -4.10. The molecule has 162 valence electrons. The van der Waals surface area contributed by atoms with Crippen molar-refractivity contribution in [2.24, 2.45) is 4.40 Å². The summed E-state index contributed by atoms with van der Waals surface area (Å²) in [7, 11) is -4.10. The van der Waals surface area contributed by atoms with Gasteiger partial charge in [0.2, 0.25) is 11.8 Å². The van der Waals surface area contributed by atoms with E-state index in [4.69, 9.17) is 11.6 Å². The predicted molar refractivity (Wildman–Crippen MR) is 119 cm³/mol. The summed E-state index contributed by atoms with van der Waals surface area (Å²) in [5.74, 6) is -1.37. The molecular weight excluding hydrogens is 465 g/mol. The number of nitrogens with zero attached hydrogens (tertiary/aromatic N) is 2. The zero-order valence-corrected chi connectivity index (χ0v) is 18.4. The molecule has 31 heavy (non-hydrogen) atoms. The van der Waals surface area contributed by atoms with Gasteiger partial charge in [-0.15, -0.1) is 11.0 Å². The molecule has 1 aliphatic rings. The van der Waals surface area contributed by atoms with E-state index < -0.39 is 32.9 Å². The van der Waals surface area contributed by atoms with Crippen LogP contribution in [0.15, 0.2) is 70.5 Å². The quantitative estimate of drug-likeness (QED) is 0.608. The number of amides is 2. The topological polar surface area (TPSA) is 95.9 Å². The van der Waals surface area contributed by atoms with Gasteiger partial charge < -0.3 is 5.32 Å². The lowest BCUT2D eigenvalue weighted by molar-refractivity contribution is -0.127. The van der Waals surface area contributed by atoms with E-state index in [1.165, 1.54) is 59.5 Å². The second-order valence-corrected chi connectivity index (χ2v) is 9.62. The number of carbonyl (C=O) groups is 2. The number of amidine groups is 1. The molecule has 1 saturated heterocycles. The summed E-state index contributed by atoms with van der Waals surface area (Å²) < 4.78 is 42.1. The highest BCUT2D eigenvalue weighted by Gasteiger charge is 2.39. The SMILES string of the molecule is C=CCN1C(=O)C(CC(=O)Nc2ccc(F)cc2)S/C1=N\S(=O)(=O)c1ccc(Cl)cc1. The van der Waals surface area contributed by atoms with Gasteiger partial charge in [0.15, 0.2) is 5.17 Å². The Kier molecular flexibility index (Phi) is 7.14. The first kappa shape index (κ1) is 23.0. The van der Waals surface area contributed by atoms with Crippen molar-refractivity contribution in [1.29, 1.82) is 0 Å². The first-order valence-electron chi connectivity index (χ1n) is 8.94. The van der Waals surface area contributed by atoms with E-state index in [9.17, 15) is 22.4 Å². The number of hydrogen-bond donors (Lipinski definition) is 1. The van der Waals surface area contributed by atoms with E-state index in [1.54, 1.807) is 0 Å². The fourth-order valence-electron chi connectivity index (χ4n) is 2.68. The Balaban J connectivity index is 1.78. The van der Waals surface area contributed by atoms with Crippen LogP contribution in [0.1, 0.15) is 6.42 Å². The van der Waals surface area contributed by atoms with Crippen LogP contribution in [-0.4, -0.2) is 42.1 Å². The predicted octanol–water partition coefficient (Wildman–Crippen LogP) is 3.68. The molecule has 0 bridgehead atoms. The number of carbonyl (C=O) groups excluding carboxylic acids is 2. The molecule has 1 unspecified atom stereocenters. The molecule has 3 rings (SSSR count). The minimum absolute atomic E-state index is 0.0386. The molecule has 1 heterocycles. The van der Waals surface area contributed by atoms with Crippen LogP contribution < -0.4 is 5.32 Å². The summed E-state index contributed by atoms with van der Waals surface area (Å²) >= 11 is 6.68. The third kappa shape index (κ3) is 5.72. The zero-order valence-electron chi connectivity index (χ0n) is 16.0. The molecule has 7 nitrogen and oxygen atoms in total. The van der Waals surface area contributed by atoms with Crippen molar-refractivity contribution < 1.29 is 22.4 Å². The lowest BCUT2D eigenvalue weighted by Gasteiger charge is -2.13. The number of nitrogens with one attached hydrogen (secondary N) is 1. The van der Waals surface area contributed by atoms with Gasteiger partial charge in [0.25, 0.3) is 10.0 Å². The van der Waals surface area contributed by atoms with Crippen molar-refractivity contribution in [3.63, 3.8) is 0 Å². The summed E-state index contributed by atoms with van der Waals surface area (Å²) in [4.78, 5) is 26.2. The van der Waals surface area contributed by atoms with E-state index in [0.717, 1.165) is 11.8 Å². The standard InChI is InChI=1S/C20H17ClFN3O4S2/c1-2-11-25-19(27)17(12-18(26)23-15-7-5-14(22)6-8-15)30-20(25)24-31(28,29)16-9-3-13(21)4-10-16/h2-10,17H,1,11-12H2,(H,23,26)/b24-20-. The van der Waals surface area contributed by atoms with Crippen LogP contribution in [0.2, 0.25) is 5.02 Å². The van der Waals surface area contributed by atoms with Gasteiger partial charge >= 0.3 is 0 Å². The second kappa shape index (κ2) is 9.63. The van der Waals surface area contributed by atoms with Crippen LogP contribution in [0, 0.1) is 5.82 Å². The van der Waals surface area contributed by atoms with Gasteiger partial charge in [-0.1, -0.05) is 29.4 Å². The smallest absolute Gasteiger partial charge is 0.284 e. The summed E-state index contributed by atoms with van der Waals surface area (Å²) in [6.45, 7) is 3.61. The number of rotatable bonds is 7. The molecule has 0 spiro atoms. The first-order valence-corrected chi connectivity index (χ1v) is 11.6. The molecule has 1 N–H and O–H groups in total. The molecule has 0 aromatic heterocycles. The molecule has 1 fully saturated rings. The summed E-state index contributed by atoms with van der Waals surface area (Å²) in [5.41, 5.74) is 0.379. The average molecular weight is 482 g/mol. The molecule has 2 aromatic carbocycles. The van der Waals surface area contributed by atoms with Crippen LogP contribution in [0.5, 0.6) is 0 Å². The highest BCUT2D eigenvalue weighted by molar-refractivity contribution is 8.16. The third-order valence-electron chi connectivity index (χ3n) is 4.14. The highest BCUT2D eigenvalue weighted by Crippen LogP contribution is 2.31. The van der Waals surface area contributed by atoms with Gasteiger partial charge in [0, 0.05) is 23.7 Å². The Morgan fingerprint density at radius 2 is 1.87 bits per heavy atom. The Labute approximate surface area is 188 Å². The van der Waals surface area contributed by atoms with Crippen molar-refractivity contribution in [3.05, 3.63) is 72.0 Å². The normalized spacial score (nSPS) is 17.7. The third-order valence-corrected chi connectivity index (χ3v) is 6.96. The molecule has 1 aliphatic heterocycles. The molecular formula is C20H17ClFN3O4S2. The van der Waals surface area contributed by atoms with Crippen LogP contribution >= 0.6 is 23.4 Å².